The van der Waals surface area contributed by atoms with Crippen molar-refractivity contribution in [3.8, 4) is 0 Å². The fraction of sp³-hybridized carbons (Fsp3) is 0.385. The fourth-order valence-corrected chi connectivity index (χ4v) is 2.02. The Morgan fingerprint density at radius 1 is 1.38 bits per heavy atom. The summed E-state index contributed by atoms with van der Waals surface area (Å²) >= 11 is 0. The summed E-state index contributed by atoms with van der Waals surface area (Å²) in [6.45, 7) is 6.68. The summed E-state index contributed by atoms with van der Waals surface area (Å²) in [7, 11) is 0. The Balaban J connectivity index is 2.55. The van der Waals surface area contributed by atoms with E-state index in [0.717, 1.165) is 23.0 Å². The van der Waals surface area contributed by atoms with Crippen molar-refractivity contribution in [2.45, 2.75) is 32.9 Å². The zero-order chi connectivity index (χ0) is 11.9. The summed E-state index contributed by atoms with van der Waals surface area (Å²) in [5.74, 6) is -0.194. The molecule has 0 radical (unpaired) electrons. The van der Waals surface area contributed by atoms with E-state index in [1.54, 1.807) is 6.07 Å². The van der Waals surface area contributed by atoms with Crippen molar-refractivity contribution >= 4 is 10.9 Å². The summed E-state index contributed by atoms with van der Waals surface area (Å²) in [5.41, 5.74) is 7.85. The molecular weight excluding hydrogens is 203 g/mol. The van der Waals surface area contributed by atoms with E-state index in [1.165, 1.54) is 6.07 Å². The highest BCUT2D eigenvalue weighted by atomic mass is 19.1. The van der Waals surface area contributed by atoms with Gasteiger partial charge in [-0.25, -0.2) is 4.39 Å². The van der Waals surface area contributed by atoms with Gasteiger partial charge in [0, 0.05) is 29.2 Å². The number of halogens is 1. The molecule has 3 heteroatoms. The van der Waals surface area contributed by atoms with Crippen LogP contribution in [0.2, 0.25) is 0 Å². The first kappa shape index (κ1) is 11.1. The zero-order valence-electron chi connectivity index (χ0n) is 9.92. The third kappa shape index (κ3) is 2.09. The molecule has 1 aromatic heterocycles. The van der Waals surface area contributed by atoms with E-state index in [2.05, 4.69) is 4.57 Å². The third-order valence-corrected chi connectivity index (χ3v) is 2.62. The Bertz CT molecular complexity index is 520. The van der Waals surface area contributed by atoms with Crippen LogP contribution in [0.3, 0.4) is 0 Å². The van der Waals surface area contributed by atoms with Gasteiger partial charge >= 0.3 is 0 Å². The van der Waals surface area contributed by atoms with Crippen molar-refractivity contribution in [2.75, 3.05) is 0 Å². The van der Waals surface area contributed by atoms with Crippen molar-refractivity contribution in [2.24, 2.45) is 5.73 Å². The molecule has 0 aliphatic heterocycles. The first-order valence-electron chi connectivity index (χ1n) is 5.41. The number of hydrogen-bond acceptors (Lipinski definition) is 1. The molecule has 2 N–H and O–H groups in total. The van der Waals surface area contributed by atoms with Crippen molar-refractivity contribution in [1.29, 1.82) is 0 Å². The Morgan fingerprint density at radius 3 is 2.69 bits per heavy atom. The molecule has 0 spiro atoms. The van der Waals surface area contributed by atoms with Crippen LogP contribution in [-0.2, 0) is 6.54 Å². The number of rotatable bonds is 2. The molecule has 1 heterocycles. The minimum absolute atomic E-state index is 0.194. The molecule has 0 amide bonds. The van der Waals surface area contributed by atoms with Crippen LogP contribution in [0, 0.1) is 12.7 Å². The van der Waals surface area contributed by atoms with Crippen LogP contribution in [0.4, 0.5) is 4.39 Å². The second-order valence-electron chi connectivity index (χ2n) is 5.09. The summed E-state index contributed by atoms with van der Waals surface area (Å²) in [6.07, 6.45) is 2.03. The zero-order valence-corrected chi connectivity index (χ0v) is 9.92. The third-order valence-electron chi connectivity index (χ3n) is 2.62. The molecule has 0 unspecified atom stereocenters. The van der Waals surface area contributed by atoms with Crippen LogP contribution < -0.4 is 5.73 Å². The Hall–Kier alpha value is -1.35. The highest BCUT2D eigenvalue weighted by molar-refractivity contribution is 5.83. The number of nitrogens with zero attached hydrogens (tertiary/aromatic N) is 1. The van der Waals surface area contributed by atoms with E-state index in [4.69, 9.17) is 5.73 Å². The van der Waals surface area contributed by atoms with Crippen LogP contribution >= 0.6 is 0 Å². The molecule has 2 aromatic rings. The smallest absolute Gasteiger partial charge is 0.123 e. The van der Waals surface area contributed by atoms with E-state index in [1.807, 2.05) is 33.0 Å². The second kappa shape index (κ2) is 3.59. The number of benzene rings is 1. The lowest BCUT2D eigenvalue weighted by atomic mass is 10.1. The Labute approximate surface area is 94.9 Å². The van der Waals surface area contributed by atoms with E-state index >= 15 is 0 Å². The predicted molar refractivity (Wildman–Crippen MR) is 64.9 cm³/mol. The standard InChI is InChI=1S/C13H17FN2/c1-9-7-16(8-13(2,3)15)12-5-4-10(14)6-11(9)12/h4-7H,8,15H2,1-3H3. The molecule has 16 heavy (non-hydrogen) atoms. The van der Waals surface area contributed by atoms with Crippen molar-refractivity contribution in [3.63, 3.8) is 0 Å². The van der Waals surface area contributed by atoms with E-state index in [9.17, 15) is 4.39 Å². The van der Waals surface area contributed by atoms with Gasteiger partial charge in [-0.15, -0.1) is 0 Å². The van der Waals surface area contributed by atoms with Gasteiger partial charge in [0.2, 0.25) is 0 Å². The van der Waals surface area contributed by atoms with Crippen LogP contribution in [0.5, 0.6) is 0 Å². The average Bonchev–Trinajstić information content (AvgIpc) is 2.40. The van der Waals surface area contributed by atoms with Gasteiger partial charge in [0.05, 0.1) is 0 Å². The number of hydrogen-bond donors (Lipinski definition) is 1. The van der Waals surface area contributed by atoms with Gasteiger partial charge in [-0.2, -0.15) is 0 Å². The Kier molecular flexibility index (Phi) is 2.50. The largest absolute Gasteiger partial charge is 0.345 e. The van der Waals surface area contributed by atoms with E-state index in [0.29, 0.717) is 0 Å². The monoisotopic (exact) mass is 220 g/mol. The van der Waals surface area contributed by atoms with Crippen LogP contribution in [0.1, 0.15) is 19.4 Å². The van der Waals surface area contributed by atoms with Crippen LogP contribution in [-0.4, -0.2) is 10.1 Å². The summed E-state index contributed by atoms with van der Waals surface area (Å²) in [6, 6.07) is 4.87. The average molecular weight is 220 g/mol. The lowest BCUT2D eigenvalue weighted by Crippen LogP contribution is -2.36. The minimum atomic E-state index is -0.271. The molecule has 86 valence electrons. The van der Waals surface area contributed by atoms with E-state index in [-0.39, 0.29) is 11.4 Å². The van der Waals surface area contributed by atoms with Gasteiger partial charge in [-0.05, 0) is 44.5 Å². The summed E-state index contributed by atoms with van der Waals surface area (Å²) in [4.78, 5) is 0. The lowest BCUT2D eigenvalue weighted by Gasteiger charge is -2.19. The van der Waals surface area contributed by atoms with Gasteiger partial charge in [0.25, 0.3) is 0 Å². The maximum absolute atomic E-state index is 13.1. The molecule has 1 aromatic carbocycles. The lowest BCUT2D eigenvalue weighted by molar-refractivity contribution is 0.441. The summed E-state index contributed by atoms with van der Waals surface area (Å²) in [5, 5.41) is 0.962. The molecule has 0 bridgehead atoms. The van der Waals surface area contributed by atoms with Crippen LogP contribution in [0.15, 0.2) is 24.4 Å². The maximum Gasteiger partial charge on any atom is 0.123 e. The molecular formula is C13H17FN2. The molecule has 2 rings (SSSR count). The van der Waals surface area contributed by atoms with Gasteiger partial charge in [0.15, 0.2) is 0 Å². The Morgan fingerprint density at radius 2 is 2.06 bits per heavy atom. The molecule has 2 nitrogen and oxygen atoms in total. The first-order chi connectivity index (χ1) is 7.37. The topological polar surface area (TPSA) is 30.9 Å². The van der Waals surface area contributed by atoms with Crippen molar-refractivity contribution < 1.29 is 4.39 Å². The number of aromatic nitrogens is 1. The first-order valence-corrected chi connectivity index (χ1v) is 5.41. The summed E-state index contributed by atoms with van der Waals surface area (Å²) < 4.78 is 15.2. The normalized spacial score (nSPS) is 12.3. The molecule has 0 aliphatic rings. The highest BCUT2D eigenvalue weighted by Gasteiger charge is 2.14. The fourth-order valence-electron chi connectivity index (χ4n) is 2.02. The van der Waals surface area contributed by atoms with Gasteiger partial charge in [-0.3, -0.25) is 0 Å². The second-order valence-corrected chi connectivity index (χ2v) is 5.09. The minimum Gasteiger partial charge on any atom is -0.345 e. The predicted octanol–water partition coefficient (Wildman–Crippen LogP) is 2.83. The van der Waals surface area contributed by atoms with Gasteiger partial charge in [0.1, 0.15) is 5.82 Å². The SMILES string of the molecule is Cc1cn(CC(C)(C)N)c2ccc(F)cc12. The molecule has 0 atom stereocenters. The quantitative estimate of drug-likeness (QED) is 0.829. The van der Waals surface area contributed by atoms with Crippen molar-refractivity contribution in [1.82, 2.24) is 4.57 Å². The molecule has 0 aliphatic carbocycles. The van der Waals surface area contributed by atoms with Gasteiger partial charge in [-0.1, -0.05) is 0 Å². The number of fused-ring (bicyclic) bond motifs is 1. The molecule has 0 saturated carbocycles. The molecule has 0 fully saturated rings. The van der Waals surface area contributed by atoms with Gasteiger partial charge < -0.3 is 10.3 Å². The van der Waals surface area contributed by atoms with Crippen LogP contribution in [0.25, 0.3) is 10.9 Å². The number of aryl methyl sites for hydroxylation is 1. The number of nitrogens with two attached hydrogens (primary N) is 1. The maximum atomic E-state index is 13.1. The van der Waals surface area contributed by atoms with E-state index < -0.39 is 0 Å². The van der Waals surface area contributed by atoms with Crippen molar-refractivity contribution in [3.05, 3.63) is 35.8 Å². The highest BCUT2D eigenvalue weighted by Crippen LogP contribution is 2.22. The molecule has 0 saturated heterocycles.